The molecule has 1 N–H and O–H groups in total. The van der Waals surface area contributed by atoms with E-state index in [0.29, 0.717) is 5.02 Å². The Morgan fingerprint density at radius 1 is 1.00 bits per heavy atom. The molecule has 0 saturated carbocycles. The molecule has 0 heterocycles. The molecule has 0 fully saturated rings. The third kappa shape index (κ3) is 3.22. The van der Waals surface area contributed by atoms with Gasteiger partial charge in [0.05, 0.1) is 5.02 Å². The highest BCUT2D eigenvalue weighted by molar-refractivity contribution is 9.10. The number of benzene rings is 2. The van der Waals surface area contributed by atoms with Crippen LogP contribution in [0, 0.1) is 13.8 Å². The van der Waals surface area contributed by atoms with Crippen molar-refractivity contribution in [1.82, 2.24) is 0 Å². The van der Waals surface area contributed by atoms with E-state index in [1.54, 1.807) is 6.07 Å². The lowest BCUT2D eigenvalue weighted by Gasteiger charge is -2.16. The Kier molecular flexibility index (Phi) is 4.72. The topological polar surface area (TPSA) is 20.2 Å². The molecule has 0 bridgehead atoms. The van der Waals surface area contributed by atoms with Gasteiger partial charge in [0.25, 0.3) is 0 Å². The van der Waals surface area contributed by atoms with Crippen LogP contribution >= 0.6 is 43.5 Å². The molecule has 0 radical (unpaired) electrons. The predicted molar refractivity (Wildman–Crippen MR) is 86.8 cm³/mol. The smallest absolute Gasteiger partial charge is 0.104 e. The standard InChI is InChI=1S/C15H13Br2ClO/c1-8-6-13(17)9(2)5-11(8)15(19)10-3-4-12(16)14(18)7-10/h3-7,15,19H,1-2H3. The van der Waals surface area contributed by atoms with E-state index in [0.717, 1.165) is 31.2 Å². The average molecular weight is 405 g/mol. The van der Waals surface area contributed by atoms with Crippen LogP contribution in [0.15, 0.2) is 39.3 Å². The Labute approximate surface area is 134 Å². The van der Waals surface area contributed by atoms with E-state index < -0.39 is 6.10 Å². The molecule has 1 unspecified atom stereocenters. The van der Waals surface area contributed by atoms with Crippen molar-refractivity contribution in [3.63, 3.8) is 0 Å². The molecule has 0 amide bonds. The molecule has 2 rings (SSSR count). The molecule has 2 aromatic rings. The number of halogens is 3. The summed E-state index contributed by atoms with van der Waals surface area (Å²) in [6, 6.07) is 9.53. The van der Waals surface area contributed by atoms with Crippen LogP contribution in [-0.4, -0.2) is 5.11 Å². The number of hydrogen-bond acceptors (Lipinski definition) is 1. The summed E-state index contributed by atoms with van der Waals surface area (Å²) in [5, 5.41) is 11.1. The van der Waals surface area contributed by atoms with Gasteiger partial charge in [-0.15, -0.1) is 0 Å². The summed E-state index contributed by atoms with van der Waals surface area (Å²) in [6.45, 7) is 4.00. The number of aliphatic hydroxyl groups excluding tert-OH is 1. The van der Waals surface area contributed by atoms with Gasteiger partial charge in [0.1, 0.15) is 6.10 Å². The average Bonchev–Trinajstić information content (AvgIpc) is 2.36. The molecule has 19 heavy (non-hydrogen) atoms. The second-order valence-electron chi connectivity index (χ2n) is 4.53. The van der Waals surface area contributed by atoms with E-state index in [-0.39, 0.29) is 0 Å². The van der Waals surface area contributed by atoms with E-state index in [9.17, 15) is 5.11 Å². The van der Waals surface area contributed by atoms with Gasteiger partial charge in [-0.3, -0.25) is 0 Å². The molecule has 0 aliphatic heterocycles. The summed E-state index contributed by atoms with van der Waals surface area (Å²) in [5.74, 6) is 0. The normalized spacial score (nSPS) is 12.5. The van der Waals surface area contributed by atoms with Crippen molar-refractivity contribution in [2.75, 3.05) is 0 Å². The summed E-state index contributed by atoms with van der Waals surface area (Å²) in [7, 11) is 0. The van der Waals surface area contributed by atoms with E-state index in [1.807, 2.05) is 38.1 Å². The molecule has 2 aromatic carbocycles. The number of hydrogen-bond donors (Lipinski definition) is 1. The van der Waals surface area contributed by atoms with Gasteiger partial charge in [-0.05, 0) is 70.2 Å². The van der Waals surface area contributed by atoms with Gasteiger partial charge in [-0.25, -0.2) is 0 Å². The number of aliphatic hydroxyl groups is 1. The van der Waals surface area contributed by atoms with Crippen molar-refractivity contribution in [3.05, 3.63) is 66.6 Å². The molecular weight excluding hydrogens is 391 g/mol. The third-order valence-corrected chi connectivity index (χ3v) is 5.19. The fourth-order valence-electron chi connectivity index (χ4n) is 1.96. The van der Waals surface area contributed by atoms with Crippen LogP contribution < -0.4 is 0 Å². The Bertz CT molecular complexity index is 626. The zero-order valence-electron chi connectivity index (χ0n) is 10.5. The molecule has 0 aromatic heterocycles. The highest BCUT2D eigenvalue weighted by Crippen LogP contribution is 2.32. The fourth-order valence-corrected chi connectivity index (χ4v) is 2.85. The fraction of sp³-hybridized carbons (Fsp3) is 0.200. The van der Waals surface area contributed by atoms with Crippen molar-refractivity contribution in [2.45, 2.75) is 20.0 Å². The molecule has 0 aliphatic rings. The maximum atomic E-state index is 10.5. The summed E-state index contributed by atoms with van der Waals surface area (Å²) < 4.78 is 1.88. The van der Waals surface area contributed by atoms with Gasteiger partial charge in [0, 0.05) is 8.95 Å². The first kappa shape index (κ1) is 15.0. The van der Waals surface area contributed by atoms with Crippen LogP contribution in [0.3, 0.4) is 0 Å². The lowest BCUT2D eigenvalue weighted by molar-refractivity contribution is 0.219. The van der Waals surface area contributed by atoms with Gasteiger partial charge in [0.2, 0.25) is 0 Å². The number of aryl methyl sites for hydroxylation is 2. The molecule has 0 aliphatic carbocycles. The predicted octanol–water partition coefficient (Wildman–Crippen LogP) is 5.56. The molecule has 100 valence electrons. The van der Waals surface area contributed by atoms with Crippen LogP contribution in [0.25, 0.3) is 0 Å². The van der Waals surface area contributed by atoms with Gasteiger partial charge in [0.15, 0.2) is 0 Å². The molecule has 0 spiro atoms. The van der Waals surface area contributed by atoms with Crippen molar-refractivity contribution >= 4 is 43.5 Å². The minimum atomic E-state index is -0.669. The van der Waals surface area contributed by atoms with Crippen LogP contribution in [0.5, 0.6) is 0 Å². The van der Waals surface area contributed by atoms with Crippen LogP contribution in [0.2, 0.25) is 5.02 Å². The number of rotatable bonds is 2. The van der Waals surface area contributed by atoms with E-state index in [1.165, 1.54) is 0 Å². The van der Waals surface area contributed by atoms with Crippen molar-refractivity contribution in [1.29, 1.82) is 0 Å². The minimum absolute atomic E-state index is 0.600. The second kappa shape index (κ2) is 5.96. The van der Waals surface area contributed by atoms with Crippen molar-refractivity contribution in [2.24, 2.45) is 0 Å². The minimum Gasteiger partial charge on any atom is -0.384 e. The van der Waals surface area contributed by atoms with E-state index in [2.05, 4.69) is 31.9 Å². The third-order valence-electron chi connectivity index (χ3n) is 3.10. The van der Waals surface area contributed by atoms with E-state index >= 15 is 0 Å². The summed E-state index contributed by atoms with van der Waals surface area (Å²) >= 11 is 12.9. The Hall–Kier alpha value is -0.350. The SMILES string of the molecule is Cc1cc(C(O)c2ccc(Br)c(Cl)c2)c(C)cc1Br. The van der Waals surface area contributed by atoms with Gasteiger partial charge in [-0.1, -0.05) is 39.7 Å². The molecule has 1 nitrogen and oxygen atoms in total. The first-order valence-electron chi connectivity index (χ1n) is 5.80. The highest BCUT2D eigenvalue weighted by atomic mass is 79.9. The maximum absolute atomic E-state index is 10.5. The first-order chi connectivity index (χ1) is 8.90. The summed E-state index contributed by atoms with van der Waals surface area (Å²) in [4.78, 5) is 0. The van der Waals surface area contributed by atoms with Gasteiger partial charge >= 0.3 is 0 Å². The Balaban J connectivity index is 2.46. The van der Waals surface area contributed by atoms with Gasteiger partial charge in [-0.2, -0.15) is 0 Å². The second-order valence-corrected chi connectivity index (χ2v) is 6.65. The zero-order valence-corrected chi connectivity index (χ0v) is 14.5. The quantitative estimate of drug-likeness (QED) is 0.694. The Morgan fingerprint density at radius 3 is 2.32 bits per heavy atom. The largest absolute Gasteiger partial charge is 0.384 e. The molecular formula is C15H13Br2ClO. The lowest BCUT2D eigenvalue weighted by atomic mass is 9.96. The Morgan fingerprint density at radius 2 is 1.68 bits per heavy atom. The highest BCUT2D eigenvalue weighted by Gasteiger charge is 2.15. The lowest BCUT2D eigenvalue weighted by Crippen LogP contribution is -2.03. The van der Waals surface area contributed by atoms with Crippen molar-refractivity contribution in [3.8, 4) is 0 Å². The maximum Gasteiger partial charge on any atom is 0.104 e. The van der Waals surface area contributed by atoms with Gasteiger partial charge < -0.3 is 5.11 Å². The molecule has 4 heteroatoms. The molecule has 0 saturated heterocycles. The zero-order chi connectivity index (χ0) is 14.2. The summed E-state index contributed by atoms with van der Waals surface area (Å²) in [6.07, 6.45) is -0.669. The van der Waals surface area contributed by atoms with Crippen LogP contribution in [0.4, 0.5) is 0 Å². The van der Waals surface area contributed by atoms with Crippen molar-refractivity contribution < 1.29 is 5.11 Å². The van der Waals surface area contributed by atoms with Crippen LogP contribution in [-0.2, 0) is 0 Å². The first-order valence-corrected chi connectivity index (χ1v) is 7.76. The van der Waals surface area contributed by atoms with Crippen LogP contribution in [0.1, 0.15) is 28.4 Å². The summed E-state index contributed by atoms with van der Waals surface area (Å²) in [5.41, 5.74) is 3.84. The van der Waals surface area contributed by atoms with E-state index in [4.69, 9.17) is 11.6 Å². The monoisotopic (exact) mass is 402 g/mol. The molecule has 1 atom stereocenters.